The van der Waals surface area contributed by atoms with Gasteiger partial charge in [0.2, 0.25) is 0 Å². The molecule has 1 nitrogen and oxygen atoms in total. The Bertz CT molecular complexity index is 580. The third-order valence-corrected chi connectivity index (χ3v) is 4.75. The first-order valence-electron chi connectivity index (χ1n) is 7.34. The van der Waals surface area contributed by atoms with Gasteiger partial charge in [-0.3, -0.25) is 0 Å². The van der Waals surface area contributed by atoms with E-state index in [4.69, 9.17) is 11.6 Å². The summed E-state index contributed by atoms with van der Waals surface area (Å²) in [5.74, 6) is 0. The second-order valence-electron chi connectivity index (χ2n) is 5.36. The van der Waals surface area contributed by atoms with E-state index in [9.17, 15) is 0 Å². The smallest absolute Gasteiger partial charge is 0.0410 e. The minimum Gasteiger partial charge on any atom is -0.310 e. The monoisotopic (exact) mass is 413 g/mol. The Balaban J connectivity index is 2.25. The predicted octanol–water partition coefficient (Wildman–Crippen LogP) is 5.54. The van der Waals surface area contributed by atoms with E-state index < -0.39 is 0 Å². The largest absolute Gasteiger partial charge is 0.310 e. The highest BCUT2D eigenvalue weighted by Gasteiger charge is 2.15. The van der Waals surface area contributed by atoms with E-state index in [1.165, 1.54) is 20.3 Å². The Kier molecular flexibility index (Phi) is 6.52. The summed E-state index contributed by atoms with van der Waals surface area (Å²) in [6.07, 6.45) is 2.11. The molecule has 2 aromatic rings. The highest BCUT2D eigenvalue weighted by molar-refractivity contribution is 14.1. The first-order chi connectivity index (χ1) is 10.1. The van der Waals surface area contributed by atoms with Gasteiger partial charge < -0.3 is 5.32 Å². The lowest BCUT2D eigenvalue weighted by molar-refractivity contribution is 0.527. The molecule has 0 saturated carbocycles. The molecule has 0 fully saturated rings. The summed E-state index contributed by atoms with van der Waals surface area (Å²) in [6.45, 7) is 5.33. The number of benzene rings is 2. The molecule has 1 unspecified atom stereocenters. The molecule has 2 aromatic carbocycles. The molecule has 0 aromatic heterocycles. The van der Waals surface area contributed by atoms with E-state index in [2.05, 4.69) is 78.2 Å². The molecule has 0 saturated heterocycles. The molecule has 0 bridgehead atoms. The van der Waals surface area contributed by atoms with Crippen LogP contribution in [0.2, 0.25) is 5.02 Å². The van der Waals surface area contributed by atoms with Gasteiger partial charge in [-0.25, -0.2) is 0 Å². The first-order valence-corrected chi connectivity index (χ1v) is 8.79. The topological polar surface area (TPSA) is 12.0 Å². The van der Waals surface area contributed by atoms with Gasteiger partial charge in [-0.2, -0.15) is 0 Å². The third kappa shape index (κ3) is 4.97. The molecule has 1 N–H and O–H groups in total. The van der Waals surface area contributed by atoms with Gasteiger partial charge in [0.15, 0.2) is 0 Å². The van der Waals surface area contributed by atoms with Crippen molar-refractivity contribution in [1.82, 2.24) is 5.32 Å². The SMILES string of the molecule is CCCNC(Cc1ccc(C)cc1)c1cc(Cl)ccc1I. The molecule has 3 heteroatoms. The van der Waals surface area contributed by atoms with Gasteiger partial charge in [0.05, 0.1) is 0 Å². The van der Waals surface area contributed by atoms with E-state index in [1.54, 1.807) is 0 Å². The Morgan fingerprint density at radius 3 is 2.52 bits per heavy atom. The van der Waals surface area contributed by atoms with Crippen molar-refractivity contribution in [2.45, 2.75) is 32.7 Å². The van der Waals surface area contributed by atoms with Crippen LogP contribution in [0, 0.1) is 10.5 Å². The fraction of sp³-hybridized carbons (Fsp3) is 0.333. The first kappa shape index (κ1) is 16.8. The lowest BCUT2D eigenvalue weighted by Gasteiger charge is -2.21. The molecule has 0 aliphatic heterocycles. The summed E-state index contributed by atoms with van der Waals surface area (Å²) in [4.78, 5) is 0. The Morgan fingerprint density at radius 2 is 1.86 bits per heavy atom. The maximum Gasteiger partial charge on any atom is 0.0410 e. The van der Waals surface area contributed by atoms with Crippen molar-refractivity contribution >= 4 is 34.2 Å². The normalized spacial score (nSPS) is 12.4. The van der Waals surface area contributed by atoms with Gasteiger partial charge in [-0.15, -0.1) is 0 Å². The lowest BCUT2D eigenvalue weighted by Crippen LogP contribution is -2.25. The number of nitrogens with one attached hydrogen (secondary N) is 1. The van der Waals surface area contributed by atoms with Crippen LogP contribution in [0.3, 0.4) is 0 Å². The quantitative estimate of drug-likeness (QED) is 0.613. The molecule has 0 amide bonds. The molecule has 0 heterocycles. The second-order valence-corrected chi connectivity index (χ2v) is 6.96. The molecule has 0 radical (unpaired) electrons. The Morgan fingerprint density at radius 1 is 1.14 bits per heavy atom. The molecule has 0 aliphatic rings. The van der Waals surface area contributed by atoms with Gasteiger partial charge in [0, 0.05) is 14.6 Å². The number of halogens is 2. The van der Waals surface area contributed by atoms with Crippen LogP contribution >= 0.6 is 34.2 Å². The Hall–Kier alpha value is -0.580. The van der Waals surface area contributed by atoms with Crippen LogP contribution < -0.4 is 5.32 Å². The van der Waals surface area contributed by atoms with Crippen molar-refractivity contribution in [3.05, 3.63) is 67.7 Å². The minimum atomic E-state index is 0.304. The number of aryl methyl sites for hydroxylation is 1. The van der Waals surface area contributed by atoms with Gasteiger partial charge in [-0.1, -0.05) is 48.4 Å². The van der Waals surface area contributed by atoms with E-state index in [0.29, 0.717) is 6.04 Å². The molecule has 21 heavy (non-hydrogen) atoms. The second kappa shape index (κ2) is 8.16. The standard InChI is InChI=1S/C18H21ClIN/c1-3-10-21-18(11-14-6-4-13(2)5-7-14)16-12-15(19)8-9-17(16)20/h4-9,12,18,21H,3,10-11H2,1-2H3. The summed E-state index contributed by atoms with van der Waals surface area (Å²) >= 11 is 8.58. The predicted molar refractivity (Wildman–Crippen MR) is 100 cm³/mol. The van der Waals surface area contributed by atoms with Crippen LogP contribution in [0.15, 0.2) is 42.5 Å². The van der Waals surface area contributed by atoms with Crippen molar-refractivity contribution in [2.24, 2.45) is 0 Å². The van der Waals surface area contributed by atoms with Crippen molar-refractivity contribution in [2.75, 3.05) is 6.54 Å². The maximum atomic E-state index is 6.19. The summed E-state index contributed by atoms with van der Waals surface area (Å²) < 4.78 is 1.26. The van der Waals surface area contributed by atoms with Crippen LogP contribution in [-0.2, 0) is 6.42 Å². The minimum absolute atomic E-state index is 0.304. The zero-order valence-corrected chi connectivity index (χ0v) is 15.4. The third-order valence-electron chi connectivity index (χ3n) is 3.53. The van der Waals surface area contributed by atoms with Crippen molar-refractivity contribution in [3.63, 3.8) is 0 Å². The van der Waals surface area contributed by atoms with Crippen molar-refractivity contribution < 1.29 is 0 Å². The van der Waals surface area contributed by atoms with Crippen LogP contribution in [0.25, 0.3) is 0 Å². The molecule has 0 aliphatic carbocycles. The van der Waals surface area contributed by atoms with Crippen molar-refractivity contribution in [1.29, 1.82) is 0 Å². The summed E-state index contributed by atoms with van der Waals surface area (Å²) in [6, 6.07) is 15.2. The number of rotatable bonds is 6. The van der Waals surface area contributed by atoms with Crippen LogP contribution in [0.5, 0.6) is 0 Å². The lowest BCUT2D eigenvalue weighted by atomic mass is 9.98. The fourth-order valence-electron chi connectivity index (χ4n) is 2.35. The van der Waals surface area contributed by atoms with Gasteiger partial charge >= 0.3 is 0 Å². The summed E-state index contributed by atoms with van der Waals surface area (Å²) in [5, 5.41) is 4.46. The van der Waals surface area contributed by atoms with Crippen LogP contribution in [0.1, 0.15) is 36.1 Å². The highest BCUT2D eigenvalue weighted by atomic mass is 127. The molecule has 2 rings (SSSR count). The number of hydrogen-bond acceptors (Lipinski definition) is 1. The van der Waals surface area contributed by atoms with Crippen LogP contribution in [0.4, 0.5) is 0 Å². The Labute approximate surface area is 146 Å². The average Bonchev–Trinajstić information content (AvgIpc) is 2.48. The average molecular weight is 414 g/mol. The van der Waals surface area contributed by atoms with E-state index in [-0.39, 0.29) is 0 Å². The van der Waals surface area contributed by atoms with E-state index in [1.807, 2.05) is 6.07 Å². The molecule has 112 valence electrons. The summed E-state index contributed by atoms with van der Waals surface area (Å²) in [7, 11) is 0. The zero-order chi connectivity index (χ0) is 15.2. The zero-order valence-electron chi connectivity index (χ0n) is 12.5. The van der Waals surface area contributed by atoms with E-state index >= 15 is 0 Å². The van der Waals surface area contributed by atoms with Crippen molar-refractivity contribution in [3.8, 4) is 0 Å². The van der Waals surface area contributed by atoms with Crippen LogP contribution in [-0.4, -0.2) is 6.54 Å². The van der Waals surface area contributed by atoms with Gasteiger partial charge in [0.1, 0.15) is 0 Å². The maximum absolute atomic E-state index is 6.19. The van der Waals surface area contributed by atoms with Gasteiger partial charge in [-0.05, 0) is 78.2 Å². The van der Waals surface area contributed by atoms with Gasteiger partial charge in [0.25, 0.3) is 0 Å². The van der Waals surface area contributed by atoms with E-state index in [0.717, 1.165) is 24.4 Å². The molecule has 1 atom stereocenters. The summed E-state index contributed by atoms with van der Waals surface area (Å²) in [5.41, 5.74) is 3.94. The highest BCUT2D eigenvalue weighted by Crippen LogP contribution is 2.26. The fourth-order valence-corrected chi connectivity index (χ4v) is 3.24. The number of hydrogen-bond donors (Lipinski definition) is 1. The molecule has 0 spiro atoms. The molecular formula is C18H21ClIN. The molecular weight excluding hydrogens is 393 g/mol.